The van der Waals surface area contributed by atoms with Crippen LogP contribution in [0.15, 0.2) is 60.7 Å². The molecular formula is C33H42Cl2Zr-2. The van der Waals surface area contributed by atoms with Crippen molar-refractivity contribution in [2.45, 2.75) is 97.3 Å². The standard InChI is InChI=1S/C21H25.C7H12.C5H5.2ClH.Zr/c1-20(2,3)16-7-9-18-14(12-16)11-15-13-17(21(4,5)6)8-10-19(15)18;1-2-4-6-7-5-3-1;1-2-4-5-3-1;;;/h7-10,12H,11H2,1-6H3;1-6H2;1-5H;2*1H;/q-1;;-1;;;+2/p-2. The molecule has 0 saturated heterocycles. The van der Waals surface area contributed by atoms with E-state index in [2.05, 4.69) is 77.9 Å². The average Bonchev–Trinajstić information content (AvgIpc) is 3.40. The summed E-state index contributed by atoms with van der Waals surface area (Å²) in [6.45, 7) is 13.6. The molecule has 2 aliphatic rings. The zero-order chi connectivity index (χ0) is 24.8. The van der Waals surface area contributed by atoms with Crippen LogP contribution in [0.4, 0.5) is 0 Å². The van der Waals surface area contributed by atoms with Crippen LogP contribution in [0.2, 0.25) is 0 Å². The molecule has 2 aliphatic carbocycles. The summed E-state index contributed by atoms with van der Waals surface area (Å²) in [6.07, 6.45) is 9.83. The Morgan fingerprint density at radius 2 is 1.33 bits per heavy atom. The van der Waals surface area contributed by atoms with Crippen LogP contribution >= 0.6 is 0 Å². The van der Waals surface area contributed by atoms with Gasteiger partial charge in [-0.1, -0.05) is 65.3 Å². The number of fused-ring (bicyclic) bond motifs is 3. The molecule has 3 aromatic carbocycles. The molecule has 0 unspecified atom stereocenters. The molecule has 1 fully saturated rings. The first-order chi connectivity index (χ1) is 16.1. The van der Waals surface area contributed by atoms with Crippen molar-refractivity contribution in [3.05, 3.63) is 89.0 Å². The Kier molecular flexibility index (Phi) is 13.7. The molecule has 0 nitrogen and oxygen atoms in total. The van der Waals surface area contributed by atoms with Crippen LogP contribution in [0.25, 0.3) is 11.1 Å². The summed E-state index contributed by atoms with van der Waals surface area (Å²) in [4.78, 5) is 0. The molecule has 0 spiro atoms. The Hall–Kier alpha value is -0.877. The van der Waals surface area contributed by atoms with Crippen molar-refractivity contribution in [3.8, 4) is 11.1 Å². The van der Waals surface area contributed by atoms with Crippen LogP contribution in [0.5, 0.6) is 0 Å². The van der Waals surface area contributed by atoms with Crippen LogP contribution in [0, 0.1) is 6.07 Å². The van der Waals surface area contributed by atoms with Crippen LogP contribution in [-0.2, 0) is 41.5 Å². The fourth-order valence-electron chi connectivity index (χ4n) is 4.50. The van der Waals surface area contributed by atoms with Crippen molar-refractivity contribution >= 4 is 3.21 Å². The fraction of sp³-hybridized carbons (Fsp3) is 0.455. The van der Waals surface area contributed by atoms with Gasteiger partial charge < -0.3 is 24.8 Å². The number of hydrogen-bond acceptors (Lipinski definition) is 0. The first kappa shape index (κ1) is 33.2. The summed E-state index contributed by atoms with van der Waals surface area (Å²) in [5, 5.41) is 0. The molecule has 36 heavy (non-hydrogen) atoms. The number of benzene rings is 2. The zero-order valence-electron chi connectivity index (χ0n) is 23.0. The van der Waals surface area contributed by atoms with E-state index < -0.39 is 0 Å². The minimum atomic E-state index is 0. The molecule has 0 aliphatic heterocycles. The van der Waals surface area contributed by atoms with E-state index in [1.165, 1.54) is 71.9 Å². The molecule has 0 radical (unpaired) electrons. The maximum absolute atomic E-state index is 3.67. The van der Waals surface area contributed by atoms with E-state index in [-0.39, 0.29) is 35.6 Å². The first-order valence-electron chi connectivity index (χ1n) is 13.0. The van der Waals surface area contributed by atoms with Gasteiger partial charge in [0.25, 0.3) is 0 Å². The maximum atomic E-state index is 3.67. The van der Waals surface area contributed by atoms with Gasteiger partial charge in [0.05, 0.1) is 0 Å². The second-order valence-corrected chi connectivity index (χ2v) is 13.5. The largest absolute Gasteiger partial charge is 0.214 e. The first-order valence-corrected chi connectivity index (χ1v) is 14.2. The van der Waals surface area contributed by atoms with Crippen molar-refractivity contribution in [3.63, 3.8) is 0 Å². The molecule has 1 saturated carbocycles. The van der Waals surface area contributed by atoms with Crippen molar-refractivity contribution < 1.29 is 49.0 Å². The predicted molar refractivity (Wildman–Crippen MR) is 146 cm³/mol. The quantitative estimate of drug-likeness (QED) is 0.215. The Morgan fingerprint density at radius 1 is 0.750 bits per heavy atom. The van der Waals surface area contributed by atoms with Gasteiger partial charge in [-0.3, -0.25) is 0 Å². The third-order valence-corrected chi connectivity index (χ3v) is 7.96. The molecule has 0 amide bonds. The minimum absolute atomic E-state index is 0. The monoisotopic (exact) mass is 598 g/mol. The van der Waals surface area contributed by atoms with E-state index in [0.717, 1.165) is 6.42 Å². The van der Waals surface area contributed by atoms with Gasteiger partial charge in [-0.15, -0.1) is 11.1 Å². The van der Waals surface area contributed by atoms with Gasteiger partial charge in [-0.25, -0.2) is 12.1 Å². The summed E-state index contributed by atoms with van der Waals surface area (Å²) < 4.78 is 1.81. The van der Waals surface area contributed by atoms with Crippen molar-refractivity contribution in [1.29, 1.82) is 0 Å². The van der Waals surface area contributed by atoms with E-state index >= 15 is 0 Å². The van der Waals surface area contributed by atoms with E-state index in [1.54, 1.807) is 24.2 Å². The van der Waals surface area contributed by atoms with Gasteiger partial charge in [0.1, 0.15) is 0 Å². The summed E-state index contributed by atoms with van der Waals surface area (Å²) in [6, 6.07) is 25.2. The van der Waals surface area contributed by atoms with Crippen molar-refractivity contribution in [1.82, 2.24) is 0 Å². The van der Waals surface area contributed by atoms with E-state index in [1.807, 2.05) is 33.5 Å². The normalized spacial score (nSPS) is 14.4. The smallest absolute Gasteiger partial charge is 0.172 e. The van der Waals surface area contributed by atoms with Crippen LogP contribution in [-0.4, -0.2) is 3.21 Å². The van der Waals surface area contributed by atoms with Gasteiger partial charge in [-0.05, 0) is 28.4 Å². The van der Waals surface area contributed by atoms with Crippen LogP contribution in [0.1, 0.15) is 102 Å². The summed E-state index contributed by atoms with van der Waals surface area (Å²) in [7, 11) is 0. The minimum Gasteiger partial charge on any atom is -0.214 e. The third kappa shape index (κ3) is 9.78. The van der Waals surface area contributed by atoms with Crippen LogP contribution < -0.4 is 24.8 Å². The molecule has 3 aromatic rings. The molecular weight excluding hydrogens is 558 g/mol. The van der Waals surface area contributed by atoms with Crippen LogP contribution in [0.3, 0.4) is 0 Å². The fourth-order valence-corrected chi connectivity index (χ4v) is 5.37. The predicted octanol–water partition coefficient (Wildman–Crippen LogP) is 3.13. The van der Waals surface area contributed by atoms with E-state index in [4.69, 9.17) is 0 Å². The third-order valence-electron chi connectivity index (χ3n) is 6.73. The molecule has 194 valence electrons. The molecule has 5 rings (SSSR count). The summed E-state index contributed by atoms with van der Waals surface area (Å²) >= 11 is 1.69. The number of hydrogen-bond donors (Lipinski definition) is 0. The SMILES string of the molecule is CC(C)(C)c1[c-]c2c(cc1)-c1ccc(C(C)(C)C)cc1C2.[Cl-].[Cl-].[Zr+2]=[C]1CCCCCC1.c1cc[cH-]c1. The Labute approximate surface area is 248 Å². The van der Waals surface area contributed by atoms with Gasteiger partial charge in [-0.2, -0.15) is 42.0 Å². The molecule has 0 heterocycles. The maximum Gasteiger partial charge on any atom is -0.172 e. The molecule has 0 atom stereocenters. The van der Waals surface area contributed by atoms with Crippen molar-refractivity contribution in [2.24, 2.45) is 0 Å². The number of halogens is 2. The summed E-state index contributed by atoms with van der Waals surface area (Å²) in [5.41, 5.74) is 8.70. The van der Waals surface area contributed by atoms with Gasteiger partial charge >= 0.3 is 66.0 Å². The second kappa shape index (κ2) is 14.9. The Bertz CT molecular complexity index is 977. The second-order valence-electron chi connectivity index (χ2n) is 11.8. The van der Waals surface area contributed by atoms with E-state index in [9.17, 15) is 0 Å². The number of rotatable bonds is 0. The summed E-state index contributed by atoms with van der Waals surface area (Å²) in [5.74, 6) is 0. The van der Waals surface area contributed by atoms with Gasteiger partial charge in [0.2, 0.25) is 0 Å². The molecule has 3 heteroatoms. The molecule has 0 bridgehead atoms. The molecule has 0 N–H and O–H groups in total. The van der Waals surface area contributed by atoms with Gasteiger partial charge in [0, 0.05) is 0 Å². The van der Waals surface area contributed by atoms with Gasteiger partial charge in [0.15, 0.2) is 0 Å². The molecule has 0 aromatic heterocycles. The topological polar surface area (TPSA) is 0 Å². The Balaban J connectivity index is 0.000000356. The zero-order valence-corrected chi connectivity index (χ0v) is 26.9. The Morgan fingerprint density at radius 3 is 1.83 bits per heavy atom. The van der Waals surface area contributed by atoms with E-state index in [0.29, 0.717) is 0 Å². The average molecular weight is 601 g/mol. The van der Waals surface area contributed by atoms with Crippen molar-refractivity contribution in [2.75, 3.05) is 0 Å².